The van der Waals surface area contributed by atoms with Gasteiger partial charge in [-0.15, -0.1) is 0 Å². The summed E-state index contributed by atoms with van der Waals surface area (Å²) >= 11 is 6.19. The van der Waals surface area contributed by atoms with Gasteiger partial charge in [0.15, 0.2) is 0 Å². The quantitative estimate of drug-likeness (QED) is 0.660. The Labute approximate surface area is 185 Å². The van der Waals surface area contributed by atoms with Crippen molar-refractivity contribution in [3.8, 4) is 5.75 Å². The summed E-state index contributed by atoms with van der Waals surface area (Å²) in [5.41, 5.74) is 1.45. The van der Waals surface area contributed by atoms with E-state index in [-0.39, 0.29) is 18.4 Å². The molecule has 3 aromatic rings. The molecule has 8 heteroatoms. The Kier molecular flexibility index (Phi) is 5.45. The number of rotatable bonds is 5. The third-order valence-electron chi connectivity index (χ3n) is 5.44. The number of fused-ring (bicyclic) bond motifs is 1. The van der Waals surface area contributed by atoms with E-state index in [1.165, 1.54) is 4.90 Å². The fourth-order valence-electron chi connectivity index (χ4n) is 3.85. The van der Waals surface area contributed by atoms with Crippen molar-refractivity contribution < 1.29 is 14.3 Å². The normalized spacial score (nSPS) is 17.9. The molecule has 0 unspecified atom stereocenters. The van der Waals surface area contributed by atoms with Crippen molar-refractivity contribution >= 4 is 29.1 Å². The first-order chi connectivity index (χ1) is 14.8. The van der Waals surface area contributed by atoms with Crippen molar-refractivity contribution in [2.45, 2.75) is 32.5 Å². The summed E-state index contributed by atoms with van der Waals surface area (Å²) in [5, 5.41) is 7.87. The van der Waals surface area contributed by atoms with Crippen molar-refractivity contribution in [1.29, 1.82) is 0 Å². The molecule has 4 rings (SSSR count). The van der Waals surface area contributed by atoms with Crippen LogP contribution in [0.3, 0.4) is 0 Å². The number of aromatic nitrogens is 2. The van der Waals surface area contributed by atoms with Gasteiger partial charge in [-0.05, 0) is 55.8 Å². The molecule has 0 aliphatic carbocycles. The van der Waals surface area contributed by atoms with Gasteiger partial charge in [-0.3, -0.25) is 19.2 Å². The molecule has 0 radical (unpaired) electrons. The number of halogens is 1. The van der Waals surface area contributed by atoms with E-state index >= 15 is 0 Å². The molecule has 1 N–H and O–H groups in total. The number of hydrogen-bond acceptors (Lipinski definition) is 4. The van der Waals surface area contributed by atoms with E-state index < -0.39 is 5.54 Å². The molecule has 2 heterocycles. The maximum absolute atomic E-state index is 13.4. The molecule has 1 aromatic heterocycles. The lowest BCUT2D eigenvalue weighted by Gasteiger charge is -2.43. The number of amides is 2. The van der Waals surface area contributed by atoms with E-state index in [1.54, 1.807) is 49.0 Å². The SMILES string of the molecule is COc1ccc(CNC(=O)[C@@]2(C)Cn3nc(C)cc3C(=O)N2c2cccc(Cl)c2)cc1. The maximum Gasteiger partial charge on any atom is 0.277 e. The Morgan fingerprint density at radius 2 is 1.97 bits per heavy atom. The number of carbonyl (C=O) groups excluding carboxylic acids is 2. The lowest BCUT2D eigenvalue weighted by Crippen LogP contribution is -2.64. The molecule has 0 bridgehead atoms. The number of aryl methyl sites for hydroxylation is 1. The summed E-state index contributed by atoms with van der Waals surface area (Å²) in [6.07, 6.45) is 0. The molecule has 160 valence electrons. The summed E-state index contributed by atoms with van der Waals surface area (Å²) in [7, 11) is 1.60. The molecule has 1 aliphatic heterocycles. The van der Waals surface area contributed by atoms with Crippen LogP contribution in [0.1, 0.15) is 28.7 Å². The highest BCUT2D eigenvalue weighted by molar-refractivity contribution is 6.31. The topological polar surface area (TPSA) is 76.5 Å². The molecule has 7 nitrogen and oxygen atoms in total. The van der Waals surface area contributed by atoms with E-state index in [0.29, 0.717) is 22.9 Å². The Balaban J connectivity index is 1.67. The van der Waals surface area contributed by atoms with Crippen LogP contribution >= 0.6 is 11.6 Å². The summed E-state index contributed by atoms with van der Waals surface area (Å²) in [6.45, 7) is 4.11. The monoisotopic (exact) mass is 438 g/mol. The second-order valence-corrected chi connectivity index (χ2v) is 8.19. The van der Waals surface area contributed by atoms with E-state index in [9.17, 15) is 9.59 Å². The van der Waals surface area contributed by atoms with Crippen LogP contribution in [0.15, 0.2) is 54.6 Å². The van der Waals surface area contributed by atoms with Crippen LogP contribution in [0.4, 0.5) is 5.69 Å². The molecule has 0 saturated heterocycles. The van der Waals surface area contributed by atoms with Gasteiger partial charge in [0.1, 0.15) is 17.0 Å². The van der Waals surface area contributed by atoms with Crippen LogP contribution in [0.25, 0.3) is 0 Å². The van der Waals surface area contributed by atoms with E-state index in [4.69, 9.17) is 16.3 Å². The largest absolute Gasteiger partial charge is 0.497 e. The van der Waals surface area contributed by atoms with Crippen LogP contribution in [0.5, 0.6) is 5.75 Å². The van der Waals surface area contributed by atoms with Gasteiger partial charge in [-0.1, -0.05) is 29.8 Å². The van der Waals surface area contributed by atoms with Crippen molar-refractivity contribution in [3.05, 3.63) is 76.6 Å². The van der Waals surface area contributed by atoms with Crippen molar-refractivity contribution in [1.82, 2.24) is 15.1 Å². The number of nitrogens with zero attached hydrogens (tertiary/aromatic N) is 3. The summed E-state index contributed by atoms with van der Waals surface area (Å²) in [6, 6.07) is 16.1. The Bertz CT molecular complexity index is 1140. The molecule has 2 aromatic carbocycles. The lowest BCUT2D eigenvalue weighted by atomic mass is 9.94. The second-order valence-electron chi connectivity index (χ2n) is 7.75. The Hall–Kier alpha value is -3.32. The van der Waals surface area contributed by atoms with Gasteiger partial charge < -0.3 is 10.1 Å². The number of nitrogens with one attached hydrogen (secondary N) is 1. The first kappa shape index (κ1) is 20.9. The standard InChI is InChI=1S/C23H23ClN4O3/c1-15-11-20-21(29)28(18-6-4-5-17(24)12-18)23(2,14-27(20)26-15)22(30)25-13-16-7-9-19(31-3)10-8-16/h4-12H,13-14H2,1-3H3,(H,25,30)/t23-/m1/s1. The van der Waals surface area contributed by atoms with Gasteiger partial charge in [0.05, 0.1) is 19.3 Å². The van der Waals surface area contributed by atoms with Crippen LogP contribution in [-0.2, 0) is 17.9 Å². The first-order valence-electron chi connectivity index (χ1n) is 9.87. The van der Waals surface area contributed by atoms with Gasteiger partial charge >= 0.3 is 0 Å². The zero-order valence-corrected chi connectivity index (χ0v) is 18.3. The highest BCUT2D eigenvalue weighted by atomic mass is 35.5. The van der Waals surface area contributed by atoms with Crippen LogP contribution in [-0.4, -0.2) is 34.2 Å². The number of methoxy groups -OCH3 is 1. The van der Waals surface area contributed by atoms with Crippen molar-refractivity contribution in [2.75, 3.05) is 12.0 Å². The number of carbonyl (C=O) groups is 2. The van der Waals surface area contributed by atoms with Crippen LogP contribution in [0.2, 0.25) is 5.02 Å². The van der Waals surface area contributed by atoms with Gasteiger partial charge in [-0.2, -0.15) is 5.10 Å². The molecule has 0 spiro atoms. The molecule has 1 atom stereocenters. The molecule has 1 aliphatic rings. The second kappa shape index (κ2) is 8.07. The zero-order valence-electron chi connectivity index (χ0n) is 17.6. The fourth-order valence-corrected chi connectivity index (χ4v) is 4.03. The predicted octanol–water partition coefficient (Wildman–Crippen LogP) is 3.59. The van der Waals surface area contributed by atoms with Gasteiger partial charge in [0, 0.05) is 17.3 Å². The minimum Gasteiger partial charge on any atom is -0.497 e. The lowest BCUT2D eigenvalue weighted by molar-refractivity contribution is -0.126. The minimum atomic E-state index is -1.19. The smallest absolute Gasteiger partial charge is 0.277 e. The molecule has 2 amide bonds. The van der Waals surface area contributed by atoms with E-state index in [0.717, 1.165) is 17.0 Å². The molecule has 31 heavy (non-hydrogen) atoms. The van der Waals surface area contributed by atoms with Gasteiger partial charge in [-0.25, -0.2) is 0 Å². The summed E-state index contributed by atoms with van der Waals surface area (Å²) in [4.78, 5) is 28.4. The average Bonchev–Trinajstić information content (AvgIpc) is 3.12. The highest BCUT2D eigenvalue weighted by Gasteiger charge is 2.48. The predicted molar refractivity (Wildman–Crippen MR) is 118 cm³/mol. The summed E-state index contributed by atoms with van der Waals surface area (Å²) < 4.78 is 6.78. The van der Waals surface area contributed by atoms with Crippen LogP contribution < -0.4 is 15.0 Å². The van der Waals surface area contributed by atoms with Crippen molar-refractivity contribution in [3.63, 3.8) is 0 Å². The number of anilines is 1. The molecular formula is C23H23ClN4O3. The molecule has 0 fully saturated rings. The number of benzene rings is 2. The van der Waals surface area contributed by atoms with Crippen molar-refractivity contribution in [2.24, 2.45) is 0 Å². The van der Waals surface area contributed by atoms with Gasteiger partial charge in [0.2, 0.25) is 5.91 Å². The summed E-state index contributed by atoms with van der Waals surface area (Å²) in [5.74, 6) is 0.167. The number of ether oxygens (including phenoxy) is 1. The average molecular weight is 439 g/mol. The Morgan fingerprint density at radius 3 is 2.65 bits per heavy atom. The Morgan fingerprint density at radius 1 is 1.23 bits per heavy atom. The molecule has 0 saturated carbocycles. The minimum absolute atomic E-state index is 0.225. The zero-order chi connectivity index (χ0) is 22.2. The third-order valence-corrected chi connectivity index (χ3v) is 5.68. The van der Waals surface area contributed by atoms with Crippen LogP contribution in [0, 0.1) is 6.92 Å². The van der Waals surface area contributed by atoms with E-state index in [1.807, 2.05) is 31.2 Å². The number of hydrogen-bond donors (Lipinski definition) is 1. The third kappa shape index (κ3) is 3.88. The fraction of sp³-hybridized carbons (Fsp3) is 0.261. The highest BCUT2D eigenvalue weighted by Crippen LogP contribution is 2.34. The maximum atomic E-state index is 13.4. The first-order valence-corrected chi connectivity index (χ1v) is 10.3. The van der Waals surface area contributed by atoms with Gasteiger partial charge in [0.25, 0.3) is 5.91 Å². The molecular weight excluding hydrogens is 416 g/mol. The van der Waals surface area contributed by atoms with E-state index in [2.05, 4.69) is 10.4 Å².